The van der Waals surface area contributed by atoms with Crippen LogP contribution in [0.1, 0.15) is 12.5 Å². The molecular weight excluding hydrogens is 550 g/mol. The van der Waals surface area contributed by atoms with Crippen molar-refractivity contribution in [3.05, 3.63) is 86.1 Å². The van der Waals surface area contributed by atoms with Gasteiger partial charge in [-0.2, -0.15) is 9.78 Å². The smallest absolute Gasteiger partial charge is 0.308 e. The molecule has 0 atom stereocenters. The molecule has 36 heavy (non-hydrogen) atoms. The second kappa shape index (κ2) is 9.60. The van der Waals surface area contributed by atoms with Crippen molar-refractivity contribution in [2.24, 2.45) is 5.10 Å². The average molecular weight is 567 g/mol. The summed E-state index contributed by atoms with van der Waals surface area (Å²) < 4.78 is 18.3. The van der Waals surface area contributed by atoms with E-state index in [-0.39, 0.29) is 17.1 Å². The fraction of sp³-hybridized carbons (Fsp3) is 0.0769. The molecule has 0 unspecified atom stereocenters. The molecule has 0 spiro atoms. The Morgan fingerprint density at radius 2 is 1.94 bits per heavy atom. The lowest BCUT2D eigenvalue weighted by molar-refractivity contribution is -0.132. The average Bonchev–Trinajstić information content (AvgIpc) is 3.27. The first kappa shape index (κ1) is 23.8. The summed E-state index contributed by atoms with van der Waals surface area (Å²) in [6, 6.07) is 17.2. The van der Waals surface area contributed by atoms with Crippen LogP contribution in [0.4, 0.5) is 0 Å². The number of aromatic nitrogens is 2. The van der Waals surface area contributed by atoms with Crippen LogP contribution >= 0.6 is 27.5 Å². The van der Waals surface area contributed by atoms with Crippen LogP contribution < -0.4 is 15.0 Å². The standard InChI is InChI=1S/C26H17BrClN3O5/c1-14(32)35-23-12-19(27)16(11-22(23)34-2)13-29-31-25(30-20-6-4-3-5-18(20)26(31)33)24-10-15-9-17(28)7-8-21(15)36-24/h3-13H,1-2H3. The minimum Gasteiger partial charge on any atom is -0.493 e. The van der Waals surface area contributed by atoms with Gasteiger partial charge in [0.15, 0.2) is 17.3 Å². The van der Waals surface area contributed by atoms with E-state index >= 15 is 0 Å². The molecule has 0 fully saturated rings. The number of carbonyl (C=O) groups excluding carboxylic acids is 1. The Kier molecular flexibility index (Phi) is 6.34. The summed E-state index contributed by atoms with van der Waals surface area (Å²) in [6.45, 7) is 1.30. The van der Waals surface area contributed by atoms with Gasteiger partial charge in [0, 0.05) is 27.4 Å². The van der Waals surface area contributed by atoms with E-state index in [1.807, 2.05) is 0 Å². The monoisotopic (exact) mass is 565 g/mol. The number of halogens is 2. The molecule has 0 saturated carbocycles. The van der Waals surface area contributed by atoms with E-state index in [1.54, 1.807) is 60.7 Å². The zero-order valence-electron chi connectivity index (χ0n) is 19.0. The summed E-state index contributed by atoms with van der Waals surface area (Å²) in [4.78, 5) is 29.5. The van der Waals surface area contributed by atoms with Gasteiger partial charge in [-0.3, -0.25) is 9.59 Å². The van der Waals surface area contributed by atoms with Crippen LogP contribution in [0, 0.1) is 0 Å². The van der Waals surface area contributed by atoms with E-state index < -0.39 is 5.97 Å². The maximum Gasteiger partial charge on any atom is 0.308 e. The minimum absolute atomic E-state index is 0.224. The van der Waals surface area contributed by atoms with Gasteiger partial charge in [-0.05, 0) is 64.5 Å². The first-order chi connectivity index (χ1) is 17.3. The van der Waals surface area contributed by atoms with E-state index in [0.717, 1.165) is 5.39 Å². The molecule has 5 rings (SSSR count). The van der Waals surface area contributed by atoms with E-state index in [0.29, 0.717) is 43.1 Å². The van der Waals surface area contributed by atoms with Crippen molar-refractivity contribution >= 4 is 61.6 Å². The third-order valence-corrected chi connectivity index (χ3v) is 6.22. The van der Waals surface area contributed by atoms with Crippen molar-refractivity contribution in [2.75, 3.05) is 7.11 Å². The second-order valence-electron chi connectivity index (χ2n) is 7.73. The normalized spacial score (nSPS) is 11.4. The Bertz CT molecular complexity index is 1740. The summed E-state index contributed by atoms with van der Waals surface area (Å²) in [5.41, 5.74) is 1.31. The molecule has 0 radical (unpaired) electrons. The number of carbonyl (C=O) groups is 1. The van der Waals surface area contributed by atoms with Crippen molar-refractivity contribution in [1.82, 2.24) is 9.66 Å². The molecule has 3 aromatic carbocycles. The number of nitrogens with zero attached hydrogens (tertiary/aromatic N) is 3. The van der Waals surface area contributed by atoms with Gasteiger partial charge in [-0.25, -0.2) is 4.98 Å². The van der Waals surface area contributed by atoms with Crippen LogP contribution in [0.5, 0.6) is 11.5 Å². The Balaban J connectivity index is 1.68. The number of ether oxygens (including phenoxy) is 2. The van der Waals surface area contributed by atoms with Crippen LogP contribution in [0.3, 0.4) is 0 Å². The highest BCUT2D eigenvalue weighted by molar-refractivity contribution is 9.10. The van der Waals surface area contributed by atoms with Crippen LogP contribution in [-0.4, -0.2) is 29.0 Å². The zero-order chi connectivity index (χ0) is 25.4. The van der Waals surface area contributed by atoms with Gasteiger partial charge in [0.05, 0.1) is 24.2 Å². The lowest BCUT2D eigenvalue weighted by atomic mass is 10.2. The number of para-hydroxylation sites is 1. The van der Waals surface area contributed by atoms with E-state index in [2.05, 4.69) is 26.0 Å². The Hall–Kier alpha value is -3.95. The zero-order valence-corrected chi connectivity index (χ0v) is 21.3. The molecule has 0 aliphatic rings. The van der Waals surface area contributed by atoms with Crippen LogP contribution in [-0.2, 0) is 4.79 Å². The molecule has 5 aromatic rings. The van der Waals surface area contributed by atoms with Gasteiger partial charge < -0.3 is 13.9 Å². The van der Waals surface area contributed by atoms with Crippen LogP contribution in [0.2, 0.25) is 5.02 Å². The molecule has 10 heteroatoms. The van der Waals surface area contributed by atoms with Crippen molar-refractivity contribution in [3.8, 4) is 23.1 Å². The van der Waals surface area contributed by atoms with Gasteiger partial charge in [-0.15, -0.1) is 0 Å². The number of rotatable bonds is 5. The fourth-order valence-corrected chi connectivity index (χ4v) is 4.28. The largest absolute Gasteiger partial charge is 0.493 e. The van der Waals surface area contributed by atoms with Crippen molar-refractivity contribution in [1.29, 1.82) is 0 Å². The molecule has 0 amide bonds. The molecule has 2 aromatic heterocycles. The van der Waals surface area contributed by atoms with E-state index in [1.165, 1.54) is 24.9 Å². The molecule has 0 saturated heterocycles. The Morgan fingerprint density at radius 3 is 2.72 bits per heavy atom. The van der Waals surface area contributed by atoms with Crippen molar-refractivity contribution in [3.63, 3.8) is 0 Å². The first-order valence-electron chi connectivity index (χ1n) is 10.7. The number of benzene rings is 3. The molecule has 0 N–H and O–H groups in total. The van der Waals surface area contributed by atoms with Crippen LogP contribution in [0.15, 0.2) is 79.4 Å². The number of fused-ring (bicyclic) bond motifs is 2. The summed E-state index contributed by atoms with van der Waals surface area (Å²) in [5, 5.41) is 6.19. The maximum atomic E-state index is 13.4. The number of methoxy groups -OCH3 is 1. The summed E-state index contributed by atoms with van der Waals surface area (Å²) in [6.07, 6.45) is 1.48. The molecular formula is C26H17BrClN3O5. The topological polar surface area (TPSA) is 95.9 Å². The molecule has 180 valence electrons. The predicted octanol–water partition coefficient (Wildman–Crippen LogP) is 6.04. The van der Waals surface area contributed by atoms with Crippen LogP contribution in [0.25, 0.3) is 33.5 Å². The highest BCUT2D eigenvalue weighted by Crippen LogP contribution is 2.33. The molecule has 8 nitrogen and oxygen atoms in total. The summed E-state index contributed by atoms with van der Waals surface area (Å²) in [5.74, 6) is 0.677. The SMILES string of the molecule is COc1cc(C=Nn2c(-c3cc4cc(Cl)ccc4o3)nc3ccccc3c2=O)c(Br)cc1OC(C)=O. The van der Waals surface area contributed by atoms with Gasteiger partial charge in [0.1, 0.15) is 5.58 Å². The molecule has 0 aliphatic heterocycles. The highest BCUT2D eigenvalue weighted by atomic mass is 79.9. The lowest BCUT2D eigenvalue weighted by Gasteiger charge is -2.11. The molecule has 0 bridgehead atoms. The van der Waals surface area contributed by atoms with Crippen molar-refractivity contribution in [2.45, 2.75) is 6.92 Å². The summed E-state index contributed by atoms with van der Waals surface area (Å²) in [7, 11) is 1.46. The number of hydrogen-bond acceptors (Lipinski definition) is 7. The lowest BCUT2D eigenvalue weighted by Crippen LogP contribution is -2.20. The first-order valence-corrected chi connectivity index (χ1v) is 11.8. The Morgan fingerprint density at radius 1 is 1.14 bits per heavy atom. The number of hydrogen-bond donors (Lipinski definition) is 0. The Labute approximate surface area is 217 Å². The van der Waals surface area contributed by atoms with Gasteiger partial charge in [0.2, 0.25) is 5.82 Å². The number of furan rings is 1. The second-order valence-corrected chi connectivity index (χ2v) is 9.02. The number of esters is 1. The third kappa shape index (κ3) is 4.50. The maximum absolute atomic E-state index is 13.4. The van der Waals surface area contributed by atoms with Gasteiger partial charge >= 0.3 is 5.97 Å². The van der Waals surface area contributed by atoms with Gasteiger partial charge in [0.25, 0.3) is 5.56 Å². The molecule has 2 heterocycles. The highest BCUT2D eigenvalue weighted by Gasteiger charge is 2.17. The minimum atomic E-state index is -0.479. The van der Waals surface area contributed by atoms with E-state index in [9.17, 15) is 9.59 Å². The molecule has 0 aliphatic carbocycles. The quantitative estimate of drug-likeness (QED) is 0.146. The fourth-order valence-electron chi connectivity index (χ4n) is 3.68. The van der Waals surface area contributed by atoms with Gasteiger partial charge in [-0.1, -0.05) is 23.7 Å². The van der Waals surface area contributed by atoms with Crippen molar-refractivity contribution < 1.29 is 18.7 Å². The summed E-state index contributed by atoms with van der Waals surface area (Å²) >= 11 is 9.58. The predicted molar refractivity (Wildman–Crippen MR) is 141 cm³/mol. The third-order valence-electron chi connectivity index (χ3n) is 5.30. The van der Waals surface area contributed by atoms with E-state index in [4.69, 9.17) is 25.5 Å².